The molecule has 0 radical (unpaired) electrons. The van der Waals surface area contributed by atoms with Gasteiger partial charge in [-0.15, -0.1) is 0 Å². The standard InChI is InChI=1S/C9H14N2O2/c1-2-12-5-6-13-9-4-3-8(10)7-11-9/h3-4,7H,2,5-6,10H2,1H3. The Morgan fingerprint density at radius 3 is 2.85 bits per heavy atom. The summed E-state index contributed by atoms with van der Waals surface area (Å²) in [5.74, 6) is 0.578. The van der Waals surface area contributed by atoms with Gasteiger partial charge in [0.25, 0.3) is 0 Å². The fourth-order valence-corrected chi connectivity index (χ4v) is 0.827. The molecule has 1 aromatic rings. The molecule has 0 aliphatic heterocycles. The number of nitrogens with two attached hydrogens (primary N) is 1. The van der Waals surface area contributed by atoms with Crippen molar-refractivity contribution in [2.24, 2.45) is 0 Å². The second-order valence-corrected chi connectivity index (χ2v) is 2.48. The van der Waals surface area contributed by atoms with Gasteiger partial charge in [-0.1, -0.05) is 0 Å². The Bertz CT molecular complexity index is 236. The van der Waals surface area contributed by atoms with E-state index in [4.69, 9.17) is 15.2 Å². The summed E-state index contributed by atoms with van der Waals surface area (Å²) in [6, 6.07) is 3.49. The van der Waals surface area contributed by atoms with Crippen molar-refractivity contribution >= 4 is 5.69 Å². The van der Waals surface area contributed by atoms with Gasteiger partial charge in [0, 0.05) is 12.7 Å². The summed E-state index contributed by atoms with van der Waals surface area (Å²) >= 11 is 0. The van der Waals surface area contributed by atoms with Crippen LogP contribution in [-0.2, 0) is 4.74 Å². The maximum atomic E-state index is 5.46. The highest BCUT2D eigenvalue weighted by molar-refractivity contribution is 5.35. The Hall–Kier alpha value is -1.29. The molecule has 13 heavy (non-hydrogen) atoms. The van der Waals surface area contributed by atoms with Gasteiger partial charge in [0.1, 0.15) is 6.61 Å². The lowest BCUT2D eigenvalue weighted by Crippen LogP contribution is -2.07. The number of rotatable bonds is 5. The predicted octanol–water partition coefficient (Wildman–Crippen LogP) is 1.08. The van der Waals surface area contributed by atoms with E-state index in [1.165, 1.54) is 0 Å². The molecule has 0 atom stereocenters. The molecule has 4 heteroatoms. The predicted molar refractivity (Wildman–Crippen MR) is 50.6 cm³/mol. The van der Waals surface area contributed by atoms with E-state index < -0.39 is 0 Å². The average Bonchev–Trinajstić information content (AvgIpc) is 2.15. The molecular weight excluding hydrogens is 168 g/mol. The van der Waals surface area contributed by atoms with Crippen LogP contribution >= 0.6 is 0 Å². The zero-order chi connectivity index (χ0) is 9.52. The first-order valence-corrected chi connectivity index (χ1v) is 4.25. The third kappa shape index (κ3) is 3.75. The highest BCUT2D eigenvalue weighted by Crippen LogP contribution is 2.07. The molecule has 0 spiro atoms. The number of hydrogen-bond acceptors (Lipinski definition) is 4. The Kier molecular flexibility index (Phi) is 4.05. The minimum Gasteiger partial charge on any atom is -0.475 e. The monoisotopic (exact) mass is 182 g/mol. The molecule has 1 heterocycles. The van der Waals surface area contributed by atoms with Gasteiger partial charge in [-0.3, -0.25) is 0 Å². The summed E-state index contributed by atoms with van der Waals surface area (Å²) in [6.45, 7) is 3.76. The zero-order valence-electron chi connectivity index (χ0n) is 7.69. The van der Waals surface area contributed by atoms with Gasteiger partial charge in [0.05, 0.1) is 18.5 Å². The van der Waals surface area contributed by atoms with Gasteiger partial charge >= 0.3 is 0 Å². The van der Waals surface area contributed by atoms with Gasteiger partial charge in [0.2, 0.25) is 5.88 Å². The summed E-state index contributed by atoms with van der Waals surface area (Å²) in [7, 11) is 0. The Labute approximate surface area is 77.7 Å². The van der Waals surface area contributed by atoms with Gasteiger partial charge in [-0.25, -0.2) is 4.98 Å². The van der Waals surface area contributed by atoms with Crippen LogP contribution in [0.15, 0.2) is 18.3 Å². The fraction of sp³-hybridized carbons (Fsp3) is 0.444. The molecule has 0 unspecified atom stereocenters. The molecule has 4 nitrogen and oxygen atoms in total. The Morgan fingerprint density at radius 2 is 2.23 bits per heavy atom. The SMILES string of the molecule is CCOCCOc1ccc(N)cn1. The molecule has 0 amide bonds. The molecule has 0 aliphatic rings. The van der Waals surface area contributed by atoms with E-state index in [9.17, 15) is 0 Å². The van der Waals surface area contributed by atoms with Crippen LogP contribution in [0.4, 0.5) is 5.69 Å². The quantitative estimate of drug-likeness (QED) is 0.692. The normalized spacial score (nSPS) is 9.92. The van der Waals surface area contributed by atoms with Crippen LogP contribution in [0.1, 0.15) is 6.92 Å². The summed E-state index contributed by atoms with van der Waals surface area (Å²) in [6.07, 6.45) is 1.57. The van der Waals surface area contributed by atoms with E-state index >= 15 is 0 Å². The van der Waals surface area contributed by atoms with Crippen molar-refractivity contribution in [2.75, 3.05) is 25.6 Å². The third-order valence-corrected chi connectivity index (χ3v) is 1.44. The van der Waals surface area contributed by atoms with E-state index in [1.54, 1.807) is 18.3 Å². The molecule has 2 N–H and O–H groups in total. The maximum Gasteiger partial charge on any atom is 0.213 e. The lowest BCUT2D eigenvalue weighted by atomic mass is 10.4. The van der Waals surface area contributed by atoms with Crippen LogP contribution in [0.5, 0.6) is 5.88 Å². The van der Waals surface area contributed by atoms with Crippen LogP contribution in [0, 0.1) is 0 Å². The summed E-state index contributed by atoms with van der Waals surface area (Å²) < 4.78 is 10.4. The number of aromatic nitrogens is 1. The molecule has 1 aromatic heterocycles. The van der Waals surface area contributed by atoms with Crippen LogP contribution in [0.2, 0.25) is 0 Å². The average molecular weight is 182 g/mol. The molecule has 0 aliphatic carbocycles. The van der Waals surface area contributed by atoms with Crippen LogP contribution in [0.3, 0.4) is 0 Å². The van der Waals surface area contributed by atoms with E-state index in [1.807, 2.05) is 6.92 Å². The van der Waals surface area contributed by atoms with Gasteiger partial charge in [0.15, 0.2) is 0 Å². The summed E-state index contributed by atoms with van der Waals surface area (Å²) in [4.78, 5) is 3.97. The molecule has 1 rings (SSSR count). The largest absolute Gasteiger partial charge is 0.475 e. The number of pyridine rings is 1. The summed E-state index contributed by atoms with van der Waals surface area (Å²) in [5.41, 5.74) is 6.10. The van der Waals surface area contributed by atoms with Crippen LogP contribution < -0.4 is 10.5 Å². The lowest BCUT2D eigenvalue weighted by Gasteiger charge is -2.04. The van der Waals surface area contributed by atoms with Gasteiger partial charge < -0.3 is 15.2 Å². The van der Waals surface area contributed by atoms with E-state index in [2.05, 4.69) is 4.98 Å². The maximum absolute atomic E-state index is 5.46. The minimum atomic E-state index is 0.519. The first kappa shape index (κ1) is 9.80. The lowest BCUT2D eigenvalue weighted by molar-refractivity contribution is 0.108. The first-order valence-electron chi connectivity index (χ1n) is 4.25. The van der Waals surface area contributed by atoms with Gasteiger partial charge in [-0.2, -0.15) is 0 Å². The Morgan fingerprint density at radius 1 is 1.38 bits per heavy atom. The van der Waals surface area contributed by atoms with E-state index in [0.717, 1.165) is 0 Å². The van der Waals surface area contributed by atoms with E-state index in [0.29, 0.717) is 31.4 Å². The third-order valence-electron chi connectivity index (χ3n) is 1.44. The van der Waals surface area contributed by atoms with Crippen molar-refractivity contribution in [1.82, 2.24) is 4.98 Å². The number of anilines is 1. The first-order chi connectivity index (χ1) is 6.33. The molecule has 0 bridgehead atoms. The van der Waals surface area contributed by atoms with Crippen molar-refractivity contribution in [3.05, 3.63) is 18.3 Å². The topological polar surface area (TPSA) is 57.4 Å². The molecule has 0 fully saturated rings. The fourth-order valence-electron chi connectivity index (χ4n) is 0.827. The molecule has 0 saturated heterocycles. The van der Waals surface area contributed by atoms with Gasteiger partial charge in [-0.05, 0) is 13.0 Å². The number of nitrogen functional groups attached to an aromatic ring is 1. The van der Waals surface area contributed by atoms with Crippen molar-refractivity contribution in [2.45, 2.75) is 6.92 Å². The second kappa shape index (κ2) is 5.37. The van der Waals surface area contributed by atoms with Crippen LogP contribution in [0.25, 0.3) is 0 Å². The van der Waals surface area contributed by atoms with Crippen molar-refractivity contribution < 1.29 is 9.47 Å². The second-order valence-electron chi connectivity index (χ2n) is 2.48. The number of ether oxygens (including phenoxy) is 2. The van der Waals surface area contributed by atoms with Crippen molar-refractivity contribution in [3.8, 4) is 5.88 Å². The highest BCUT2D eigenvalue weighted by Gasteiger charge is 1.93. The molecule has 0 saturated carbocycles. The highest BCUT2D eigenvalue weighted by atomic mass is 16.5. The Balaban J connectivity index is 2.25. The minimum absolute atomic E-state index is 0.519. The van der Waals surface area contributed by atoms with Crippen molar-refractivity contribution in [3.63, 3.8) is 0 Å². The van der Waals surface area contributed by atoms with E-state index in [-0.39, 0.29) is 0 Å². The number of hydrogen-bond donors (Lipinski definition) is 1. The number of nitrogens with zero attached hydrogens (tertiary/aromatic N) is 1. The molecule has 72 valence electrons. The van der Waals surface area contributed by atoms with Crippen molar-refractivity contribution in [1.29, 1.82) is 0 Å². The zero-order valence-corrected chi connectivity index (χ0v) is 7.69. The summed E-state index contributed by atoms with van der Waals surface area (Å²) in [5, 5.41) is 0. The molecule has 0 aromatic carbocycles. The molecular formula is C9H14N2O2. The smallest absolute Gasteiger partial charge is 0.213 e. The van der Waals surface area contributed by atoms with Crippen LogP contribution in [-0.4, -0.2) is 24.8 Å².